The molecule has 1 N–H and O–H groups in total. The lowest BCUT2D eigenvalue weighted by atomic mass is 10.4. The van der Waals surface area contributed by atoms with Crippen LogP contribution >= 0.6 is 0 Å². The Balaban J connectivity index is 2.07. The Hall–Kier alpha value is -1.85. The third kappa shape index (κ3) is 3.09. The summed E-state index contributed by atoms with van der Waals surface area (Å²) in [6.07, 6.45) is 0.750. The van der Waals surface area contributed by atoms with Gasteiger partial charge in [-0.25, -0.2) is 14.8 Å². The summed E-state index contributed by atoms with van der Waals surface area (Å²) >= 11 is 0. The van der Waals surface area contributed by atoms with Crippen LogP contribution in [0.3, 0.4) is 0 Å². The molecule has 1 aromatic heterocycles. The summed E-state index contributed by atoms with van der Waals surface area (Å²) in [5.41, 5.74) is 0.895. The number of hydrogen-bond acceptors (Lipinski definition) is 5. The monoisotopic (exact) mass is 250 g/mol. The van der Waals surface area contributed by atoms with Crippen LogP contribution in [0, 0.1) is 6.92 Å². The maximum atomic E-state index is 11.4. The van der Waals surface area contributed by atoms with E-state index in [2.05, 4.69) is 22.2 Å². The second kappa shape index (κ2) is 5.66. The van der Waals surface area contributed by atoms with Gasteiger partial charge in [0.1, 0.15) is 18.2 Å². The molecule has 6 heteroatoms. The van der Waals surface area contributed by atoms with E-state index < -0.39 is 0 Å². The number of aromatic nitrogens is 2. The molecule has 1 saturated heterocycles. The van der Waals surface area contributed by atoms with E-state index in [4.69, 9.17) is 4.74 Å². The Bertz CT molecular complexity index is 436. The highest BCUT2D eigenvalue weighted by Crippen LogP contribution is 2.11. The summed E-state index contributed by atoms with van der Waals surface area (Å²) < 4.78 is 4.88. The number of aryl methyl sites for hydroxylation is 1. The van der Waals surface area contributed by atoms with Crippen molar-refractivity contribution in [3.63, 3.8) is 0 Å². The summed E-state index contributed by atoms with van der Waals surface area (Å²) in [4.78, 5) is 21.7. The first-order chi connectivity index (χ1) is 8.69. The van der Waals surface area contributed by atoms with E-state index in [9.17, 15) is 4.79 Å². The molecule has 6 nitrogen and oxygen atoms in total. The van der Waals surface area contributed by atoms with Gasteiger partial charge in [0.25, 0.3) is 0 Å². The number of rotatable bonds is 5. The molecule has 0 unspecified atom stereocenters. The molecule has 18 heavy (non-hydrogen) atoms. The first-order valence-corrected chi connectivity index (χ1v) is 6.19. The van der Waals surface area contributed by atoms with E-state index in [1.807, 2.05) is 13.0 Å². The third-order valence-electron chi connectivity index (χ3n) is 2.63. The average Bonchev–Trinajstić information content (AvgIpc) is 2.72. The van der Waals surface area contributed by atoms with Gasteiger partial charge >= 0.3 is 6.09 Å². The van der Waals surface area contributed by atoms with Crippen molar-refractivity contribution in [1.29, 1.82) is 0 Å². The molecular weight excluding hydrogens is 232 g/mol. The summed E-state index contributed by atoms with van der Waals surface area (Å²) in [5, 5.41) is 3.23. The van der Waals surface area contributed by atoms with Crippen LogP contribution in [-0.2, 0) is 11.3 Å². The standard InChI is InChI=1S/C12H18N4O2/c1-3-4-13-10-7-9(2)14-11(15-10)8-16-5-6-18-12(16)17/h7H,3-6,8H2,1-2H3,(H,13,14,15). The van der Waals surface area contributed by atoms with Gasteiger partial charge in [-0.05, 0) is 13.3 Å². The summed E-state index contributed by atoms with van der Waals surface area (Å²) in [5.74, 6) is 1.46. The van der Waals surface area contributed by atoms with Gasteiger partial charge in [-0.15, -0.1) is 0 Å². The van der Waals surface area contributed by atoms with E-state index in [1.54, 1.807) is 4.90 Å². The highest BCUT2D eigenvalue weighted by atomic mass is 16.6. The minimum atomic E-state index is -0.289. The quantitative estimate of drug-likeness (QED) is 0.859. The first kappa shape index (κ1) is 12.6. The second-order valence-corrected chi connectivity index (χ2v) is 4.27. The molecule has 1 fully saturated rings. The number of ether oxygens (including phenoxy) is 1. The molecule has 0 atom stereocenters. The van der Waals surface area contributed by atoms with Crippen LogP contribution in [0.1, 0.15) is 24.9 Å². The van der Waals surface area contributed by atoms with Crippen molar-refractivity contribution in [3.05, 3.63) is 17.6 Å². The Morgan fingerprint density at radius 1 is 1.50 bits per heavy atom. The number of anilines is 1. The van der Waals surface area contributed by atoms with Gasteiger partial charge in [-0.3, -0.25) is 4.90 Å². The molecule has 1 amide bonds. The van der Waals surface area contributed by atoms with E-state index in [-0.39, 0.29) is 6.09 Å². The summed E-state index contributed by atoms with van der Waals surface area (Å²) in [6, 6.07) is 1.90. The summed E-state index contributed by atoms with van der Waals surface area (Å²) in [6.45, 7) is 6.36. The zero-order valence-corrected chi connectivity index (χ0v) is 10.8. The first-order valence-electron chi connectivity index (χ1n) is 6.19. The lowest BCUT2D eigenvalue weighted by molar-refractivity contribution is 0.156. The molecule has 1 aliphatic heterocycles. The number of hydrogen-bond donors (Lipinski definition) is 1. The molecule has 2 heterocycles. The predicted octanol–water partition coefficient (Wildman–Crippen LogP) is 1.56. The number of amides is 1. The largest absolute Gasteiger partial charge is 0.448 e. The van der Waals surface area contributed by atoms with E-state index >= 15 is 0 Å². The maximum absolute atomic E-state index is 11.4. The Labute approximate surface area is 106 Å². The average molecular weight is 250 g/mol. The van der Waals surface area contributed by atoms with Crippen LogP contribution in [0.15, 0.2) is 6.07 Å². The minimum absolute atomic E-state index is 0.289. The molecule has 0 aliphatic carbocycles. The van der Waals surface area contributed by atoms with Gasteiger partial charge in [0.2, 0.25) is 0 Å². The van der Waals surface area contributed by atoms with Gasteiger partial charge in [0.05, 0.1) is 13.1 Å². The number of nitrogens with zero attached hydrogens (tertiary/aromatic N) is 3. The van der Waals surface area contributed by atoms with Gasteiger partial charge in [0.15, 0.2) is 0 Å². The van der Waals surface area contributed by atoms with Crippen molar-refractivity contribution in [2.45, 2.75) is 26.8 Å². The molecule has 0 saturated carbocycles. The lowest BCUT2D eigenvalue weighted by Crippen LogP contribution is -2.25. The van der Waals surface area contributed by atoms with Gasteiger partial charge in [-0.2, -0.15) is 0 Å². The fourth-order valence-corrected chi connectivity index (χ4v) is 1.78. The molecule has 1 aromatic rings. The Morgan fingerprint density at radius 3 is 3.00 bits per heavy atom. The third-order valence-corrected chi connectivity index (χ3v) is 2.63. The van der Waals surface area contributed by atoms with Crippen molar-refractivity contribution < 1.29 is 9.53 Å². The van der Waals surface area contributed by atoms with Crippen molar-refractivity contribution in [1.82, 2.24) is 14.9 Å². The normalized spacial score (nSPS) is 14.8. The molecule has 0 spiro atoms. The number of nitrogens with one attached hydrogen (secondary N) is 1. The van der Waals surface area contributed by atoms with Crippen molar-refractivity contribution in [2.75, 3.05) is 25.0 Å². The molecule has 0 aromatic carbocycles. The maximum Gasteiger partial charge on any atom is 0.410 e. The zero-order valence-electron chi connectivity index (χ0n) is 10.8. The summed E-state index contributed by atoms with van der Waals surface area (Å²) in [7, 11) is 0. The molecule has 0 radical (unpaired) electrons. The van der Waals surface area contributed by atoms with Crippen LogP contribution in [0.2, 0.25) is 0 Å². The highest BCUT2D eigenvalue weighted by Gasteiger charge is 2.22. The highest BCUT2D eigenvalue weighted by molar-refractivity contribution is 5.69. The number of carbonyl (C=O) groups excluding carboxylic acids is 1. The Morgan fingerprint density at radius 2 is 2.33 bits per heavy atom. The number of cyclic esters (lactones) is 1. The fourth-order valence-electron chi connectivity index (χ4n) is 1.78. The molecule has 98 valence electrons. The second-order valence-electron chi connectivity index (χ2n) is 4.27. The molecule has 1 aliphatic rings. The van der Waals surface area contributed by atoms with Gasteiger partial charge in [0, 0.05) is 18.3 Å². The van der Waals surface area contributed by atoms with Gasteiger partial charge in [-0.1, -0.05) is 6.92 Å². The van der Waals surface area contributed by atoms with Gasteiger partial charge < -0.3 is 10.1 Å². The number of carbonyl (C=O) groups is 1. The topological polar surface area (TPSA) is 67.3 Å². The van der Waals surface area contributed by atoms with Crippen LogP contribution in [0.25, 0.3) is 0 Å². The lowest BCUT2D eigenvalue weighted by Gasteiger charge is -2.13. The zero-order chi connectivity index (χ0) is 13.0. The predicted molar refractivity (Wildman–Crippen MR) is 67.3 cm³/mol. The Kier molecular flexibility index (Phi) is 3.96. The van der Waals surface area contributed by atoms with Crippen molar-refractivity contribution in [3.8, 4) is 0 Å². The molecule has 2 rings (SSSR count). The molecule has 0 bridgehead atoms. The smallest absolute Gasteiger partial charge is 0.410 e. The van der Waals surface area contributed by atoms with E-state index in [1.165, 1.54) is 0 Å². The van der Waals surface area contributed by atoms with Crippen molar-refractivity contribution >= 4 is 11.9 Å². The van der Waals surface area contributed by atoms with E-state index in [0.29, 0.717) is 25.5 Å². The van der Waals surface area contributed by atoms with Crippen molar-refractivity contribution in [2.24, 2.45) is 0 Å². The SMILES string of the molecule is CCCNc1cc(C)nc(CN2CCOC2=O)n1. The van der Waals surface area contributed by atoms with E-state index in [0.717, 1.165) is 24.5 Å². The molecular formula is C12H18N4O2. The minimum Gasteiger partial charge on any atom is -0.448 e. The van der Waals surface area contributed by atoms with Crippen LogP contribution < -0.4 is 5.32 Å². The fraction of sp³-hybridized carbons (Fsp3) is 0.583. The van der Waals surface area contributed by atoms with Crippen LogP contribution in [0.5, 0.6) is 0 Å². The van der Waals surface area contributed by atoms with Crippen LogP contribution in [-0.4, -0.2) is 40.7 Å². The van der Waals surface area contributed by atoms with Crippen LogP contribution in [0.4, 0.5) is 10.6 Å².